The highest BCUT2D eigenvalue weighted by Gasteiger charge is 2.23. The van der Waals surface area contributed by atoms with E-state index in [2.05, 4.69) is 31.2 Å². The minimum atomic E-state index is -0.561. The highest BCUT2D eigenvalue weighted by atomic mass is 79.9. The third-order valence-corrected chi connectivity index (χ3v) is 4.32. The molecule has 1 unspecified atom stereocenters. The number of aromatic nitrogens is 2. The highest BCUT2D eigenvalue weighted by Crippen LogP contribution is 2.23. The van der Waals surface area contributed by atoms with Crippen LogP contribution in [0.5, 0.6) is 0 Å². The van der Waals surface area contributed by atoms with Crippen molar-refractivity contribution in [2.45, 2.75) is 19.9 Å². The maximum atomic E-state index is 14.0. The van der Waals surface area contributed by atoms with Crippen molar-refractivity contribution in [2.75, 3.05) is 0 Å². The summed E-state index contributed by atoms with van der Waals surface area (Å²) in [7, 11) is 0. The van der Waals surface area contributed by atoms with E-state index in [1.54, 1.807) is 6.07 Å². The number of H-pyrrole nitrogens is 1. The fraction of sp³-hybridized carbons (Fsp3) is 0.222. The van der Waals surface area contributed by atoms with Gasteiger partial charge in [0.2, 0.25) is 0 Å². The Morgan fingerprint density at radius 1 is 1.25 bits per heavy atom. The molecule has 0 fully saturated rings. The number of fused-ring (bicyclic) bond motifs is 1. The Bertz CT molecular complexity index is 858. The van der Waals surface area contributed by atoms with Crippen molar-refractivity contribution in [3.63, 3.8) is 0 Å². The maximum Gasteiger partial charge on any atom is 0.254 e. The van der Waals surface area contributed by atoms with Crippen molar-refractivity contribution in [3.8, 4) is 0 Å². The lowest BCUT2D eigenvalue weighted by atomic mass is 10.0. The Labute approximate surface area is 147 Å². The Morgan fingerprint density at radius 3 is 2.67 bits per heavy atom. The number of hydrogen-bond acceptors (Lipinski definition) is 2. The number of aromatic amines is 1. The predicted molar refractivity (Wildman–Crippen MR) is 95.2 cm³/mol. The zero-order valence-electron chi connectivity index (χ0n) is 13.3. The Balaban J connectivity index is 1.90. The van der Waals surface area contributed by atoms with Crippen LogP contribution in [-0.2, 0) is 0 Å². The highest BCUT2D eigenvalue weighted by molar-refractivity contribution is 9.10. The molecule has 4 nitrogen and oxygen atoms in total. The van der Waals surface area contributed by atoms with Crippen LogP contribution in [0, 0.1) is 11.7 Å². The van der Waals surface area contributed by atoms with E-state index in [1.165, 1.54) is 12.1 Å². The number of hydrogen-bond donors (Lipinski definition) is 2. The van der Waals surface area contributed by atoms with Crippen molar-refractivity contribution >= 4 is 32.9 Å². The summed E-state index contributed by atoms with van der Waals surface area (Å²) >= 11 is 3.19. The van der Waals surface area contributed by atoms with Crippen LogP contribution < -0.4 is 5.32 Å². The molecule has 6 heteroatoms. The average molecular weight is 390 g/mol. The molecular formula is C18H17BrFN3O. The second-order valence-corrected chi connectivity index (χ2v) is 6.87. The lowest BCUT2D eigenvalue weighted by Gasteiger charge is -2.20. The molecule has 1 atom stereocenters. The molecule has 0 saturated carbocycles. The Morgan fingerprint density at radius 2 is 2.00 bits per heavy atom. The normalized spacial score (nSPS) is 12.5. The molecular weight excluding hydrogens is 373 g/mol. The molecule has 0 spiro atoms. The number of imidazole rings is 1. The van der Waals surface area contributed by atoms with Gasteiger partial charge in [-0.15, -0.1) is 0 Å². The molecule has 0 saturated heterocycles. The topological polar surface area (TPSA) is 57.8 Å². The molecule has 0 radical (unpaired) electrons. The summed E-state index contributed by atoms with van der Waals surface area (Å²) in [6.07, 6.45) is 0. The van der Waals surface area contributed by atoms with Gasteiger partial charge in [-0.25, -0.2) is 9.37 Å². The van der Waals surface area contributed by atoms with Gasteiger partial charge >= 0.3 is 0 Å². The standard InChI is InChI=1S/C18H17BrFN3O/c1-10(2)16(17-21-14-5-3-4-6-15(14)22-17)23-18(24)12-8-7-11(19)9-13(12)20/h3-10,16H,1-2H3,(H,21,22)(H,23,24). The minimum Gasteiger partial charge on any atom is -0.342 e. The third-order valence-electron chi connectivity index (χ3n) is 3.83. The van der Waals surface area contributed by atoms with E-state index < -0.39 is 11.7 Å². The first-order chi connectivity index (χ1) is 11.5. The minimum absolute atomic E-state index is 0.0139. The lowest BCUT2D eigenvalue weighted by Crippen LogP contribution is -2.33. The SMILES string of the molecule is CC(C)C(NC(=O)c1ccc(Br)cc1F)c1nc2ccccc2[nH]1. The van der Waals surface area contributed by atoms with Gasteiger partial charge in [0.1, 0.15) is 11.6 Å². The first kappa shape index (κ1) is 16.6. The van der Waals surface area contributed by atoms with E-state index in [0.29, 0.717) is 10.3 Å². The van der Waals surface area contributed by atoms with Crippen LogP contribution in [-0.4, -0.2) is 15.9 Å². The summed E-state index contributed by atoms with van der Waals surface area (Å²) in [4.78, 5) is 20.2. The van der Waals surface area contributed by atoms with Gasteiger partial charge in [-0.1, -0.05) is 41.9 Å². The van der Waals surface area contributed by atoms with Gasteiger partial charge in [0.15, 0.2) is 0 Å². The molecule has 1 heterocycles. The largest absolute Gasteiger partial charge is 0.342 e. The number of nitrogens with zero attached hydrogens (tertiary/aromatic N) is 1. The molecule has 0 bridgehead atoms. The summed E-state index contributed by atoms with van der Waals surface area (Å²) < 4.78 is 14.6. The molecule has 3 aromatic rings. The fourth-order valence-corrected chi connectivity index (χ4v) is 2.90. The lowest BCUT2D eigenvalue weighted by molar-refractivity contribution is 0.0919. The van der Waals surface area contributed by atoms with Gasteiger partial charge in [-0.05, 0) is 36.2 Å². The van der Waals surface area contributed by atoms with Gasteiger partial charge in [0, 0.05) is 4.47 Å². The summed E-state index contributed by atoms with van der Waals surface area (Å²) in [5.74, 6) is -0.266. The average Bonchev–Trinajstić information content (AvgIpc) is 2.95. The zero-order chi connectivity index (χ0) is 17.3. The number of benzene rings is 2. The van der Waals surface area contributed by atoms with Gasteiger partial charge < -0.3 is 10.3 Å². The van der Waals surface area contributed by atoms with Crippen LogP contribution in [0.1, 0.15) is 36.1 Å². The van der Waals surface area contributed by atoms with Crippen molar-refractivity contribution in [1.82, 2.24) is 15.3 Å². The van der Waals surface area contributed by atoms with E-state index in [9.17, 15) is 9.18 Å². The molecule has 1 amide bonds. The van der Waals surface area contributed by atoms with E-state index >= 15 is 0 Å². The summed E-state index contributed by atoms with van der Waals surface area (Å²) in [6, 6.07) is 11.7. The summed E-state index contributed by atoms with van der Waals surface area (Å²) in [6.45, 7) is 3.96. The first-order valence-electron chi connectivity index (χ1n) is 7.66. The molecule has 0 aliphatic heterocycles. The van der Waals surface area contributed by atoms with Gasteiger partial charge in [0.25, 0.3) is 5.91 Å². The van der Waals surface area contributed by atoms with Gasteiger partial charge in [-0.2, -0.15) is 0 Å². The van der Waals surface area contributed by atoms with E-state index in [-0.39, 0.29) is 17.5 Å². The van der Waals surface area contributed by atoms with Crippen LogP contribution >= 0.6 is 15.9 Å². The molecule has 0 aliphatic carbocycles. The number of carbonyl (C=O) groups is 1. The molecule has 2 N–H and O–H groups in total. The molecule has 1 aromatic heterocycles. The van der Waals surface area contributed by atoms with E-state index in [0.717, 1.165) is 11.0 Å². The molecule has 124 valence electrons. The van der Waals surface area contributed by atoms with Crippen LogP contribution in [0.3, 0.4) is 0 Å². The maximum absolute atomic E-state index is 14.0. The molecule has 0 aliphatic rings. The number of para-hydroxylation sites is 2. The molecule has 24 heavy (non-hydrogen) atoms. The van der Waals surface area contributed by atoms with E-state index in [4.69, 9.17) is 0 Å². The summed E-state index contributed by atoms with van der Waals surface area (Å²) in [5.41, 5.74) is 1.75. The number of nitrogens with one attached hydrogen (secondary N) is 2. The number of carbonyl (C=O) groups excluding carboxylic acids is 1. The Kier molecular flexibility index (Phi) is 4.66. The predicted octanol–water partition coefficient (Wildman–Crippen LogP) is 4.59. The number of rotatable bonds is 4. The van der Waals surface area contributed by atoms with Crippen LogP contribution in [0.4, 0.5) is 4.39 Å². The number of amides is 1. The second-order valence-electron chi connectivity index (χ2n) is 5.96. The van der Waals surface area contributed by atoms with Crippen molar-refractivity contribution in [2.24, 2.45) is 5.92 Å². The van der Waals surface area contributed by atoms with Crippen LogP contribution in [0.2, 0.25) is 0 Å². The van der Waals surface area contributed by atoms with Crippen LogP contribution in [0.25, 0.3) is 11.0 Å². The van der Waals surface area contributed by atoms with Gasteiger partial charge in [0.05, 0.1) is 22.6 Å². The van der Waals surface area contributed by atoms with E-state index in [1.807, 2.05) is 38.1 Å². The fourth-order valence-electron chi connectivity index (χ4n) is 2.56. The summed E-state index contributed by atoms with van der Waals surface area (Å²) in [5, 5.41) is 2.88. The Hall–Kier alpha value is -2.21. The zero-order valence-corrected chi connectivity index (χ0v) is 14.9. The second kappa shape index (κ2) is 6.73. The van der Waals surface area contributed by atoms with Crippen LogP contribution in [0.15, 0.2) is 46.9 Å². The van der Waals surface area contributed by atoms with Crippen molar-refractivity contribution < 1.29 is 9.18 Å². The number of halogens is 2. The quantitative estimate of drug-likeness (QED) is 0.685. The third kappa shape index (κ3) is 3.33. The van der Waals surface area contributed by atoms with Crippen molar-refractivity contribution in [1.29, 1.82) is 0 Å². The monoisotopic (exact) mass is 389 g/mol. The smallest absolute Gasteiger partial charge is 0.254 e. The van der Waals surface area contributed by atoms with Crippen molar-refractivity contribution in [3.05, 3.63) is 64.1 Å². The van der Waals surface area contributed by atoms with Gasteiger partial charge in [-0.3, -0.25) is 4.79 Å². The molecule has 3 rings (SSSR count). The first-order valence-corrected chi connectivity index (χ1v) is 8.45. The molecule has 2 aromatic carbocycles.